The average Bonchev–Trinajstić information content (AvgIpc) is 3.17. The number of rotatable bonds is 11. The summed E-state index contributed by atoms with van der Waals surface area (Å²) in [6.07, 6.45) is -3.92. The Hall–Kier alpha value is -1.76. The molecule has 0 aliphatic carbocycles. The predicted molar refractivity (Wildman–Crippen MR) is 112 cm³/mol. The van der Waals surface area contributed by atoms with Gasteiger partial charge in [0, 0.05) is 45.1 Å². The van der Waals surface area contributed by atoms with Crippen molar-refractivity contribution in [3.63, 3.8) is 0 Å². The fourth-order valence-electron chi connectivity index (χ4n) is 2.76. The van der Waals surface area contributed by atoms with Crippen LogP contribution in [0.2, 0.25) is 0 Å². The van der Waals surface area contributed by atoms with Gasteiger partial charge in [0.25, 0.3) is 0 Å². The Labute approximate surface area is 199 Å². The highest BCUT2D eigenvalue weighted by Crippen LogP contribution is 2.42. The summed E-state index contributed by atoms with van der Waals surface area (Å²) in [6.45, 7) is 2.94. The average molecular weight is 535 g/mol. The Balaban J connectivity index is 0.000000337. The van der Waals surface area contributed by atoms with Crippen molar-refractivity contribution in [2.75, 3.05) is 31.5 Å². The summed E-state index contributed by atoms with van der Waals surface area (Å²) in [6, 6.07) is 0. The Bertz CT molecular complexity index is 738. The summed E-state index contributed by atoms with van der Waals surface area (Å²) in [5, 5.41) is 0. The maximum absolute atomic E-state index is 11.8. The third-order valence-corrected chi connectivity index (χ3v) is 6.15. The van der Waals surface area contributed by atoms with Crippen LogP contribution in [0.3, 0.4) is 0 Å². The SMILES string of the molecule is CC(=O)O[C@@H]1C(=O)O[C@@H]2[C@H]1OC(=O)[C@@H]2OC(C)=O.NP(=O)(OCCC=O)N(CCCl)CCCl. The molecule has 0 aromatic rings. The van der Waals surface area contributed by atoms with E-state index in [1.54, 1.807) is 0 Å². The van der Waals surface area contributed by atoms with Crippen LogP contribution in [0, 0.1) is 0 Å². The standard InChI is InChI=1S/C10H10O8.C7H15Cl2N2O3P/c1-3(11)15-7-5-6(18-9(7)13)8(10(14)17-5)16-4(2)12;8-2-4-11(5-3-9)15(10,13)14-7-1-6-12/h5-8H,1-2H3;6H,1-5,7H2,(H2,10,13)/t5-,6-,7-,8+;/m1./s1. The lowest BCUT2D eigenvalue weighted by Gasteiger charge is -2.26. The first-order valence-corrected chi connectivity index (χ1v) is 12.3. The summed E-state index contributed by atoms with van der Waals surface area (Å²) < 4.78 is 37.3. The maximum atomic E-state index is 11.8. The number of hydrogen-bond donors (Lipinski definition) is 1. The second-order valence-corrected chi connectivity index (χ2v) is 9.26. The van der Waals surface area contributed by atoms with E-state index in [4.69, 9.17) is 52.2 Å². The fourth-order valence-corrected chi connectivity index (χ4v) is 4.69. The van der Waals surface area contributed by atoms with E-state index in [0.29, 0.717) is 19.4 Å². The number of ether oxygens (including phenoxy) is 4. The van der Waals surface area contributed by atoms with Crippen molar-refractivity contribution in [3.8, 4) is 0 Å². The van der Waals surface area contributed by atoms with Crippen molar-refractivity contribution in [2.24, 2.45) is 5.50 Å². The molecule has 2 heterocycles. The van der Waals surface area contributed by atoms with Gasteiger partial charge in [0.15, 0.2) is 12.2 Å². The van der Waals surface area contributed by atoms with Crippen LogP contribution in [0.4, 0.5) is 0 Å². The van der Waals surface area contributed by atoms with Crippen molar-refractivity contribution in [3.05, 3.63) is 0 Å². The summed E-state index contributed by atoms with van der Waals surface area (Å²) >= 11 is 11.1. The molecule has 2 N–H and O–H groups in total. The summed E-state index contributed by atoms with van der Waals surface area (Å²) in [5.74, 6) is -2.49. The number of fused-ring (bicyclic) bond motifs is 1. The fraction of sp³-hybridized carbons (Fsp3) is 0.706. The minimum atomic E-state index is -3.36. The minimum absolute atomic E-state index is 0.0400. The number of carbonyl (C=O) groups excluding carboxylic acids is 5. The third kappa shape index (κ3) is 8.84. The second kappa shape index (κ2) is 13.8. The zero-order valence-corrected chi connectivity index (χ0v) is 20.3. The molecule has 2 aliphatic rings. The molecule has 0 amide bonds. The number of nitrogens with two attached hydrogens (primary N) is 1. The highest BCUT2D eigenvalue weighted by molar-refractivity contribution is 7.53. The Kier molecular flexibility index (Phi) is 12.3. The van der Waals surface area contributed by atoms with E-state index in [1.807, 2.05) is 0 Å². The number of carbonyl (C=O) groups is 5. The van der Waals surface area contributed by atoms with Gasteiger partial charge in [0.2, 0.25) is 12.2 Å². The quantitative estimate of drug-likeness (QED) is 0.0944. The molecule has 2 aliphatic heterocycles. The van der Waals surface area contributed by atoms with Crippen LogP contribution in [-0.4, -0.2) is 90.7 Å². The largest absolute Gasteiger partial charge is 0.451 e. The molecule has 2 rings (SSSR count). The molecule has 0 saturated carbocycles. The molecule has 1 unspecified atom stereocenters. The van der Waals surface area contributed by atoms with Crippen molar-refractivity contribution < 1.29 is 52.0 Å². The molecule has 33 heavy (non-hydrogen) atoms. The first kappa shape index (κ1) is 29.3. The molecule has 16 heteroatoms. The smallest absolute Gasteiger partial charge is 0.352 e. The van der Waals surface area contributed by atoms with Gasteiger partial charge in [-0.15, -0.1) is 23.2 Å². The molecule has 2 fully saturated rings. The van der Waals surface area contributed by atoms with Crippen LogP contribution >= 0.6 is 30.9 Å². The monoisotopic (exact) mass is 534 g/mol. The van der Waals surface area contributed by atoms with Crippen molar-refractivity contribution in [2.45, 2.75) is 44.7 Å². The molecule has 0 spiro atoms. The lowest BCUT2D eigenvalue weighted by molar-refractivity contribution is -0.173. The van der Waals surface area contributed by atoms with Gasteiger partial charge in [-0.3, -0.25) is 14.2 Å². The molecule has 0 radical (unpaired) electrons. The molecule has 5 atom stereocenters. The van der Waals surface area contributed by atoms with E-state index in [2.05, 4.69) is 0 Å². The van der Waals surface area contributed by atoms with Crippen molar-refractivity contribution in [1.82, 2.24) is 4.67 Å². The van der Waals surface area contributed by atoms with E-state index in [-0.39, 0.29) is 24.8 Å². The Morgan fingerprint density at radius 3 is 1.79 bits per heavy atom. The number of halogens is 2. The van der Waals surface area contributed by atoms with Crippen LogP contribution in [0.5, 0.6) is 0 Å². The van der Waals surface area contributed by atoms with E-state index >= 15 is 0 Å². The molecular formula is C17H25Cl2N2O11P. The number of nitrogens with zero attached hydrogens (tertiary/aromatic N) is 1. The van der Waals surface area contributed by atoms with Crippen LogP contribution in [0.1, 0.15) is 20.3 Å². The molecule has 2 saturated heterocycles. The third-order valence-electron chi connectivity index (χ3n) is 4.07. The van der Waals surface area contributed by atoms with Gasteiger partial charge in [0.1, 0.15) is 6.29 Å². The predicted octanol–water partition coefficient (Wildman–Crippen LogP) is 0.139. The van der Waals surface area contributed by atoms with Crippen LogP contribution in [0.25, 0.3) is 0 Å². The number of esters is 4. The number of aldehydes is 1. The van der Waals surface area contributed by atoms with Gasteiger partial charge >= 0.3 is 31.5 Å². The number of hydrogen-bond acceptors (Lipinski definition) is 11. The summed E-state index contributed by atoms with van der Waals surface area (Å²) in [7, 11) is -3.36. The Morgan fingerprint density at radius 2 is 1.45 bits per heavy atom. The Morgan fingerprint density at radius 1 is 1.03 bits per heavy atom. The highest BCUT2D eigenvalue weighted by Gasteiger charge is 2.61. The molecule has 188 valence electrons. The van der Waals surface area contributed by atoms with Crippen LogP contribution in [-0.2, 0) is 52.0 Å². The first-order valence-electron chi connectivity index (χ1n) is 9.58. The maximum Gasteiger partial charge on any atom is 0.352 e. The minimum Gasteiger partial charge on any atom is -0.451 e. The zero-order valence-electron chi connectivity index (χ0n) is 17.8. The normalized spacial score (nSPS) is 25.2. The summed E-state index contributed by atoms with van der Waals surface area (Å²) in [5.41, 5.74) is 5.50. The van der Waals surface area contributed by atoms with Gasteiger partial charge in [0.05, 0.1) is 6.61 Å². The topological polar surface area (TPSA) is 178 Å². The van der Waals surface area contributed by atoms with Crippen molar-refractivity contribution in [1.29, 1.82) is 0 Å². The number of alkyl halides is 2. The van der Waals surface area contributed by atoms with Crippen LogP contribution in [0.15, 0.2) is 0 Å². The molecular weight excluding hydrogens is 510 g/mol. The van der Waals surface area contributed by atoms with Crippen molar-refractivity contribution >= 4 is 61.0 Å². The zero-order chi connectivity index (χ0) is 25.2. The highest BCUT2D eigenvalue weighted by atomic mass is 35.5. The lowest BCUT2D eigenvalue weighted by atomic mass is 10.1. The first-order chi connectivity index (χ1) is 15.5. The summed E-state index contributed by atoms with van der Waals surface area (Å²) in [4.78, 5) is 54.5. The van der Waals surface area contributed by atoms with Gasteiger partial charge in [-0.2, -0.15) is 0 Å². The molecule has 13 nitrogen and oxygen atoms in total. The van der Waals surface area contributed by atoms with Gasteiger partial charge in [-0.1, -0.05) is 0 Å². The van der Waals surface area contributed by atoms with E-state index in [0.717, 1.165) is 13.8 Å². The molecule has 0 aromatic carbocycles. The van der Waals surface area contributed by atoms with E-state index in [9.17, 15) is 28.5 Å². The van der Waals surface area contributed by atoms with Gasteiger partial charge in [-0.05, 0) is 0 Å². The van der Waals surface area contributed by atoms with Gasteiger partial charge in [-0.25, -0.2) is 19.8 Å². The lowest BCUT2D eigenvalue weighted by Crippen LogP contribution is -2.36. The molecule has 0 aromatic heterocycles. The van der Waals surface area contributed by atoms with Gasteiger partial charge < -0.3 is 28.3 Å². The van der Waals surface area contributed by atoms with Crippen LogP contribution < -0.4 is 5.50 Å². The van der Waals surface area contributed by atoms with E-state index in [1.165, 1.54) is 4.67 Å². The molecule has 0 bridgehead atoms. The van der Waals surface area contributed by atoms with E-state index < -0.39 is 56.0 Å². The second-order valence-electron chi connectivity index (χ2n) is 6.55.